The molecular formula is C18H20OS. The minimum Gasteiger partial charge on any atom is -0.294 e. The third-order valence-corrected chi connectivity index (χ3v) is 4.32. The van der Waals surface area contributed by atoms with E-state index in [9.17, 15) is 4.79 Å². The van der Waals surface area contributed by atoms with Gasteiger partial charge in [-0.05, 0) is 48.4 Å². The highest BCUT2D eigenvalue weighted by atomic mass is 32.2. The van der Waals surface area contributed by atoms with Crippen LogP contribution in [-0.4, -0.2) is 11.5 Å². The van der Waals surface area contributed by atoms with E-state index in [0.717, 1.165) is 16.9 Å². The van der Waals surface area contributed by atoms with E-state index in [1.165, 1.54) is 16.0 Å². The fourth-order valence-corrected chi connectivity index (χ4v) is 2.77. The minimum absolute atomic E-state index is 0.182. The van der Waals surface area contributed by atoms with E-state index in [-0.39, 0.29) is 5.78 Å². The van der Waals surface area contributed by atoms with Crippen molar-refractivity contribution in [2.75, 3.05) is 5.75 Å². The van der Waals surface area contributed by atoms with Gasteiger partial charge in [0.2, 0.25) is 0 Å². The van der Waals surface area contributed by atoms with Gasteiger partial charge in [0, 0.05) is 16.9 Å². The molecule has 0 radical (unpaired) electrons. The Labute approximate surface area is 125 Å². The summed E-state index contributed by atoms with van der Waals surface area (Å²) in [4.78, 5) is 13.5. The normalized spacial score (nSPS) is 10.6. The maximum Gasteiger partial charge on any atom is 0.167 e. The van der Waals surface area contributed by atoms with Crippen LogP contribution in [0.25, 0.3) is 0 Å². The second kappa shape index (κ2) is 6.76. The van der Waals surface area contributed by atoms with Crippen LogP contribution in [0.2, 0.25) is 0 Å². The van der Waals surface area contributed by atoms with Gasteiger partial charge in [-0.3, -0.25) is 4.79 Å². The summed E-state index contributed by atoms with van der Waals surface area (Å²) >= 11 is 1.79. The highest BCUT2D eigenvalue weighted by molar-refractivity contribution is 7.99. The molecule has 0 amide bonds. The van der Waals surface area contributed by atoms with Crippen LogP contribution in [0.1, 0.15) is 34.0 Å². The van der Waals surface area contributed by atoms with Crippen LogP contribution >= 0.6 is 11.8 Å². The summed E-state index contributed by atoms with van der Waals surface area (Å²) in [5.74, 6) is 1.23. The van der Waals surface area contributed by atoms with Crippen LogP contribution in [0.15, 0.2) is 47.4 Å². The first-order valence-electron chi connectivity index (χ1n) is 6.92. The fourth-order valence-electron chi connectivity index (χ4n) is 2.10. The Morgan fingerprint density at radius 1 is 1.00 bits per heavy atom. The van der Waals surface area contributed by atoms with Crippen molar-refractivity contribution in [1.29, 1.82) is 0 Å². The van der Waals surface area contributed by atoms with Crippen LogP contribution in [0.5, 0.6) is 0 Å². The maximum atomic E-state index is 12.3. The molecule has 2 aromatic rings. The average Bonchev–Trinajstić information content (AvgIpc) is 2.44. The molecule has 0 aliphatic carbocycles. The molecule has 0 heterocycles. The predicted octanol–water partition coefficient (Wildman–Crippen LogP) is 4.84. The number of rotatable bonds is 5. The molecule has 0 bridgehead atoms. The first-order valence-corrected chi connectivity index (χ1v) is 7.91. The second-order valence-electron chi connectivity index (χ2n) is 4.98. The quantitative estimate of drug-likeness (QED) is 0.577. The Morgan fingerprint density at radius 2 is 1.70 bits per heavy atom. The monoisotopic (exact) mass is 284 g/mol. The molecule has 0 fully saturated rings. The number of carbonyl (C=O) groups is 1. The first-order chi connectivity index (χ1) is 9.60. The van der Waals surface area contributed by atoms with E-state index in [1.54, 1.807) is 11.8 Å². The van der Waals surface area contributed by atoms with Gasteiger partial charge in [-0.2, -0.15) is 0 Å². The van der Waals surface area contributed by atoms with Crippen molar-refractivity contribution in [2.24, 2.45) is 0 Å². The molecule has 2 heteroatoms. The third kappa shape index (κ3) is 3.73. The minimum atomic E-state index is 0.182. The SMILES string of the molecule is CCSc1ccc(C(=O)Cc2ccc(C)c(C)c2)cc1. The van der Waals surface area contributed by atoms with Gasteiger partial charge in [-0.15, -0.1) is 11.8 Å². The van der Waals surface area contributed by atoms with Gasteiger partial charge in [0.05, 0.1) is 0 Å². The van der Waals surface area contributed by atoms with Crippen molar-refractivity contribution in [3.8, 4) is 0 Å². The van der Waals surface area contributed by atoms with Gasteiger partial charge in [0.15, 0.2) is 5.78 Å². The summed E-state index contributed by atoms with van der Waals surface area (Å²) in [7, 11) is 0. The van der Waals surface area contributed by atoms with Gasteiger partial charge in [-0.25, -0.2) is 0 Å². The highest BCUT2D eigenvalue weighted by Gasteiger charge is 2.07. The van der Waals surface area contributed by atoms with Gasteiger partial charge >= 0.3 is 0 Å². The van der Waals surface area contributed by atoms with E-state index in [0.29, 0.717) is 6.42 Å². The van der Waals surface area contributed by atoms with Gasteiger partial charge in [0.1, 0.15) is 0 Å². The zero-order chi connectivity index (χ0) is 14.5. The zero-order valence-electron chi connectivity index (χ0n) is 12.3. The Bertz CT molecular complexity index is 599. The summed E-state index contributed by atoms with van der Waals surface area (Å²) in [5.41, 5.74) is 4.39. The molecule has 0 N–H and O–H groups in total. The molecule has 2 aromatic carbocycles. The van der Waals surface area contributed by atoms with Crippen molar-refractivity contribution in [1.82, 2.24) is 0 Å². The van der Waals surface area contributed by atoms with Crippen molar-refractivity contribution in [2.45, 2.75) is 32.1 Å². The van der Waals surface area contributed by atoms with Crippen LogP contribution in [0.4, 0.5) is 0 Å². The van der Waals surface area contributed by atoms with Crippen LogP contribution < -0.4 is 0 Å². The molecule has 2 rings (SSSR count). The van der Waals surface area contributed by atoms with Crippen LogP contribution in [-0.2, 0) is 6.42 Å². The number of carbonyl (C=O) groups excluding carboxylic acids is 1. The van der Waals surface area contributed by atoms with Crippen LogP contribution in [0.3, 0.4) is 0 Å². The molecule has 0 atom stereocenters. The zero-order valence-corrected chi connectivity index (χ0v) is 13.1. The second-order valence-corrected chi connectivity index (χ2v) is 6.31. The summed E-state index contributed by atoms with van der Waals surface area (Å²) in [6, 6.07) is 14.2. The Hall–Kier alpha value is -1.54. The number of ketones is 1. The largest absolute Gasteiger partial charge is 0.294 e. The van der Waals surface area contributed by atoms with Gasteiger partial charge < -0.3 is 0 Å². The molecule has 104 valence electrons. The molecule has 0 unspecified atom stereocenters. The lowest BCUT2D eigenvalue weighted by atomic mass is 10.00. The molecule has 0 saturated carbocycles. The maximum absolute atomic E-state index is 12.3. The number of benzene rings is 2. The molecular weight excluding hydrogens is 264 g/mol. The summed E-state index contributed by atoms with van der Waals surface area (Å²) in [6.07, 6.45) is 0.474. The Balaban J connectivity index is 2.09. The number of aryl methyl sites for hydroxylation is 2. The molecule has 0 aliphatic rings. The third-order valence-electron chi connectivity index (χ3n) is 3.42. The first kappa shape index (κ1) is 14.9. The molecule has 1 nitrogen and oxygen atoms in total. The summed E-state index contributed by atoms with van der Waals surface area (Å²) in [5, 5.41) is 0. The van der Waals surface area contributed by atoms with Gasteiger partial charge in [-0.1, -0.05) is 37.3 Å². The fraction of sp³-hybridized carbons (Fsp3) is 0.278. The molecule has 0 aromatic heterocycles. The number of thioether (sulfide) groups is 1. The van der Waals surface area contributed by atoms with Crippen molar-refractivity contribution in [3.05, 3.63) is 64.7 Å². The molecule has 20 heavy (non-hydrogen) atoms. The number of hydrogen-bond donors (Lipinski definition) is 0. The summed E-state index contributed by atoms with van der Waals surface area (Å²) in [6.45, 7) is 6.30. The lowest BCUT2D eigenvalue weighted by molar-refractivity contribution is 0.0993. The molecule has 0 saturated heterocycles. The standard InChI is InChI=1S/C18H20OS/c1-4-20-17-9-7-16(8-10-17)18(19)12-15-6-5-13(2)14(3)11-15/h5-11H,4,12H2,1-3H3. The van der Waals surface area contributed by atoms with Crippen LogP contribution in [0, 0.1) is 13.8 Å². The highest BCUT2D eigenvalue weighted by Crippen LogP contribution is 2.19. The summed E-state index contributed by atoms with van der Waals surface area (Å²) < 4.78 is 0. The number of Topliss-reactive ketones (excluding diaryl/α,β-unsaturated/α-hetero) is 1. The Morgan fingerprint density at radius 3 is 2.30 bits per heavy atom. The van der Waals surface area contributed by atoms with E-state index in [2.05, 4.69) is 32.9 Å². The smallest absolute Gasteiger partial charge is 0.167 e. The van der Waals surface area contributed by atoms with Crippen molar-refractivity contribution in [3.63, 3.8) is 0 Å². The Kier molecular flexibility index (Phi) is 5.02. The molecule has 0 spiro atoms. The average molecular weight is 284 g/mol. The van der Waals surface area contributed by atoms with E-state index in [4.69, 9.17) is 0 Å². The lowest BCUT2D eigenvalue weighted by Crippen LogP contribution is -2.03. The topological polar surface area (TPSA) is 17.1 Å². The van der Waals surface area contributed by atoms with E-state index < -0.39 is 0 Å². The number of hydrogen-bond acceptors (Lipinski definition) is 2. The van der Waals surface area contributed by atoms with Gasteiger partial charge in [0.25, 0.3) is 0 Å². The lowest BCUT2D eigenvalue weighted by Gasteiger charge is -2.06. The molecule has 0 aliphatic heterocycles. The van der Waals surface area contributed by atoms with Crippen molar-refractivity contribution >= 4 is 17.5 Å². The van der Waals surface area contributed by atoms with E-state index in [1.807, 2.05) is 30.3 Å². The van der Waals surface area contributed by atoms with E-state index >= 15 is 0 Å². The van der Waals surface area contributed by atoms with Crippen molar-refractivity contribution < 1.29 is 4.79 Å². The predicted molar refractivity (Wildman–Crippen MR) is 86.8 cm³/mol.